The van der Waals surface area contributed by atoms with Crippen molar-refractivity contribution in [3.05, 3.63) is 21.7 Å². The summed E-state index contributed by atoms with van der Waals surface area (Å²) < 4.78 is 12.1. The number of benzene rings is 1. The molecule has 0 bridgehead atoms. The average molecular weight is 328 g/mol. The van der Waals surface area contributed by atoms with Gasteiger partial charge in [-0.15, -0.1) is 0 Å². The first-order chi connectivity index (χ1) is 9.22. The predicted molar refractivity (Wildman–Crippen MR) is 81.2 cm³/mol. The molecule has 1 unspecified atom stereocenters. The summed E-state index contributed by atoms with van der Waals surface area (Å²) in [7, 11) is 3.39. The fourth-order valence-corrected chi connectivity index (χ4v) is 3.60. The van der Waals surface area contributed by atoms with E-state index in [9.17, 15) is 0 Å². The van der Waals surface area contributed by atoms with Crippen LogP contribution in [0.5, 0.6) is 11.5 Å². The molecule has 19 heavy (non-hydrogen) atoms. The standard InChI is InChI=1S/C15H22BrNO2/c1-4-10-14(12-7-5-6-8-17-12)11(16)9-13(18-2)15(10)19-3/h9,12,17H,4-8H2,1-3H3. The fraction of sp³-hybridized carbons (Fsp3) is 0.600. The quantitative estimate of drug-likeness (QED) is 0.911. The van der Waals surface area contributed by atoms with Gasteiger partial charge < -0.3 is 14.8 Å². The average Bonchev–Trinajstić information content (AvgIpc) is 2.46. The lowest BCUT2D eigenvalue weighted by molar-refractivity contribution is 0.347. The van der Waals surface area contributed by atoms with Crippen LogP contribution >= 0.6 is 15.9 Å². The number of hydrogen-bond acceptors (Lipinski definition) is 3. The van der Waals surface area contributed by atoms with Crippen LogP contribution < -0.4 is 14.8 Å². The first-order valence-corrected chi connectivity index (χ1v) is 7.68. The summed E-state index contributed by atoms with van der Waals surface area (Å²) in [6, 6.07) is 2.43. The van der Waals surface area contributed by atoms with E-state index < -0.39 is 0 Å². The Morgan fingerprint density at radius 3 is 2.63 bits per heavy atom. The lowest BCUT2D eigenvalue weighted by Gasteiger charge is -2.28. The highest BCUT2D eigenvalue weighted by atomic mass is 79.9. The van der Waals surface area contributed by atoms with Crippen molar-refractivity contribution in [2.24, 2.45) is 0 Å². The highest BCUT2D eigenvalue weighted by molar-refractivity contribution is 9.10. The zero-order valence-electron chi connectivity index (χ0n) is 11.9. The second-order valence-corrected chi connectivity index (χ2v) is 5.70. The minimum Gasteiger partial charge on any atom is -0.493 e. The van der Waals surface area contributed by atoms with Gasteiger partial charge in [0, 0.05) is 16.1 Å². The molecule has 1 N–H and O–H groups in total. The van der Waals surface area contributed by atoms with E-state index in [2.05, 4.69) is 28.2 Å². The number of piperidine rings is 1. The molecule has 1 saturated heterocycles. The van der Waals surface area contributed by atoms with Crippen LogP contribution in [0.1, 0.15) is 43.4 Å². The zero-order valence-corrected chi connectivity index (χ0v) is 13.5. The molecule has 1 atom stereocenters. The van der Waals surface area contributed by atoms with Gasteiger partial charge in [-0.1, -0.05) is 29.3 Å². The van der Waals surface area contributed by atoms with Crippen LogP contribution in [0, 0.1) is 0 Å². The van der Waals surface area contributed by atoms with E-state index in [0.29, 0.717) is 6.04 Å². The Morgan fingerprint density at radius 1 is 1.32 bits per heavy atom. The normalized spacial score (nSPS) is 19.3. The molecule has 1 aromatic carbocycles. The smallest absolute Gasteiger partial charge is 0.164 e. The third-order valence-electron chi connectivity index (χ3n) is 3.77. The van der Waals surface area contributed by atoms with Crippen LogP contribution in [0.4, 0.5) is 0 Å². The molecule has 4 heteroatoms. The number of rotatable bonds is 4. The van der Waals surface area contributed by atoms with Crippen molar-refractivity contribution in [2.75, 3.05) is 20.8 Å². The van der Waals surface area contributed by atoms with E-state index in [1.807, 2.05) is 6.07 Å². The molecule has 1 heterocycles. The maximum absolute atomic E-state index is 5.57. The van der Waals surface area contributed by atoms with Crippen molar-refractivity contribution < 1.29 is 9.47 Å². The maximum atomic E-state index is 5.57. The van der Waals surface area contributed by atoms with Gasteiger partial charge >= 0.3 is 0 Å². The first-order valence-electron chi connectivity index (χ1n) is 6.89. The first kappa shape index (κ1) is 14.7. The van der Waals surface area contributed by atoms with Crippen LogP contribution in [0.3, 0.4) is 0 Å². The van der Waals surface area contributed by atoms with Gasteiger partial charge in [-0.2, -0.15) is 0 Å². The molecule has 106 valence electrons. The van der Waals surface area contributed by atoms with E-state index in [4.69, 9.17) is 9.47 Å². The van der Waals surface area contributed by atoms with Gasteiger partial charge in [0.05, 0.1) is 14.2 Å². The fourth-order valence-electron chi connectivity index (χ4n) is 2.87. The molecule has 2 rings (SSSR count). The zero-order chi connectivity index (χ0) is 13.8. The van der Waals surface area contributed by atoms with Crippen LogP contribution in [0.2, 0.25) is 0 Å². The van der Waals surface area contributed by atoms with Gasteiger partial charge in [0.2, 0.25) is 0 Å². The number of halogens is 1. The monoisotopic (exact) mass is 327 g/mol. The van der Waals surface area contributed by atoms with Gasteiger partial charge in [0.25, 0.3) is 0 Å². The number of nitrogens with one attached hydrogen (secondary N) is 1. The van der Waals surface area contributed by atoms with Crippen molar-refractivity contribution >= 4 is 15.9 Å². The summed E-state index contributed by atoms with van der Waals surface area (Å²) in [6.07, 6.45) is 4.66. The van der Waals surface area contributed by atoms with E-state index >= 15 is 0 Å². The highest BCUT2D eigenvalue weighted by Gasteiger charge is 2.24. The van der Waals surface area contributed by atoms with E-state index in [0.717, 1.165) is 28.9 Å². The van der Waals surface area contributed by atoms with Crippen LogP contribution in [0.25, 0.3) is 0 Å². The molecule has 0 radical (unpaired) electrons. The summed E-state index contributed by atoms with van der Waals surface area (Å²) >= 11 is 3.70. The SMILES string of the molecule is CCc1c(OC)c(OC)cc(Br)c1C1CCCCN1. The molecule has 0 aliphatic carbocycles. The topological polar surface area (TPSA) is 30.5 Å². The molecule has 0 spiro atoms. The maximum Gasteiger partial charge on any atom is 0.164 e. The van der Waals surface area contributed by atoms with E-state index in [1.165, 1.54) is 30.4 Å². The molecule has 0 amide bonds. The van der Waals surface area contributed by atoms with Crippen LogP contribution in [-0.2, 0) is 6.42 Å². The van der Waals surface area contributed by atoms with Crippen LogP contribution in [0.15, 0.2) is 10.5 Å². The lowest BCUT2D eigenvalue weighted by atomic mass is 9.91. The summed E-state index contributed by atoms with van der Waals surface area (Å²) in [4.78, 5) is 0. The predicted octanol–water partition coefficient (Wildman–Crippen LogP) is 3.84. The second-order valence-electron chi connectivity index (χ2n) is 4.84. The van der Waals surface area contributed by atoms with Gasteiger partial charge in [0.1, 0.15) is 0 Å². The van der Waals surface area contributed by atoms with Crippen molar-refractivity contribution in [3.8, 4) is 11.5 Å². The molecule has 1 aliphatic heterocycles. The third kappa shape index (κ3) is 2.90. The van der Waals surface area contributed by atoms with E-state index in [-0.39, 0.29) is 0 Å². The Bertz CT molecular complexity index is 442. The van der Waals surface area contributed by atoms with Crippen molar-refractivity contribution in [1.29, 1.82) is 0 Å². The van der Waals surface area contributed by atoms with Gasteiger partial charge in [-0.05, 0) is 37.4 Å². The van der Waals surface area contributed by atoms with Crippen LogP contribution in [-0.4, -0.2) is 20.8 Å². The Hall–Kier alpha value is -0.740. The molecule has 0 aromatic heterocycles. The second kappa shape index (κ2) is 6.62. The Morgan fingerprint density at radius 2 is 2.11 bits per heavy atom. The molecule has 3 nitrogen and oxygen atoms in total. The Kier molecular flexibility index (Phi) is 5.11. The lowest BCUT2D eigenvalue weighted by Crippen LogP contribution is -2.28. The Balaban J connectivity index is 2.51. The van der Waals surface area contributed by atoms with Gasteiger partial charge in [0.15, 0.2) is 11.5 Å². The van der Waals surface area contributed by atoms with Crippen molar-refractivity contribution in [1.82, 2.24) is 5.32 Å². The number of methoxy groups -OCH3 is 2. The van der Waals surface area contributed by atoms with E-state index in [1.54, 1.807) is 14.2 Å². The molecular formula is C15H22BrNO2. The largest absolute Gasteiger partial charge is 0.493 e. The minimum atomic E-state index is 0.415. The minimum absolute atomic E-state index is 0.415. The van der Waals surface area contributed by atoms with Gasteiger partial charge in [-0.3, -0.25) is 0 Å². The molecule has 1 fully saturated rings. The molecule has 0 saturated carbocycles. The molecule has 1 aromatic rings. The number of hydrogen-bond donors (Lipinski definition) is 1. The number of ether oxygens (including phenoxy) is 2. The highest BCUT2D eigenvalue weighted by Crippen LogP contribution is 2.42. The van der Waals surface area contributed by atoms with Crippen molar-refractivity contribution in [2.45, 2.75) is 38.6 Å². The molecule has 1 aliphatic rings. The van der Waals surface area contributed by atoms with Gasteiger partial charge in [-0.25, -0.2) is 0 Å². The Labute approximate surface area is 123 Å². The summed E-state index contributed by atoms with van der Waals surface area (Å²) in [5, 5.41) is 3.61. The summed E-state index contributed by atoms with van der Waals surface area (Å²) in [6.45, 7) is 3.25. The summed E-state index contributed by atoms with van der Waals surface area (Å²) in [5.74, 6) is 1.67. The molecular weight excluding hydrogens is 306 g/mol. The summed E-state index contributed by atoms with van der Waals surface area (Å²) in [5.41, 5.74) is 2.58. The van der Waals surface area contributed by atoms with Crippen molar-refractivity contribution in [3.63, 3.8) is 0 Å². The third-order valence-corrected chi connectivity index (χ3v) is 4.43.